The number of hydrogen-bond acceptors (Lipinski definition) is 4. The van der Waals surface area contributed by atoms with Crippen molar-refractivity contribution in [3.05, 3.63) is 60.5 Å². The number of benzene rings is 2. The van der Waals surface area contributed by atoms with Crippen LogP contribution in [0.5, 0.6) is 0 Å². The lowest BCUT2D eigenvalue weighted by Crippen LogP contribution is -2.39. The lowest BCUT2D eigenvalue weighted by molar-refractivity contribution is -0.119. The van der Waals surface area contributed by atoms with E-state index in [0.29, 0.717) is 11.4 Å². The predicted octanol–water partition coefficient (Wildman–Crippen LogP) is 2.86. The Morgan fingerprint density at radius 3 is 2.66 bits per heavy atom. The summed E-state index contributed by atoms with van der Waals surface area (Å²) in [5.41, 5.74) is 7.87. The van der Waals surface area contributed by atoms with Crippen LogP contribution in [0.2, 0.25) is 0 Å². The van der Waals surface area contributed by atoms with Gasteiger partial charge in [0, 0.05) is 35.8 Å². The van der Waals surface area contributed by atoms with E-state index in [4.69, 9.17) is 5.73 Å². The highest BCUT2D eigenvalue weighted by Crippen LogP contribution is 2.26. The molecule has 0 radical (unpaired) electrons. The first-order valence-electron chi connectivity index (χ1n) is 9.28. The topological polar surface area (TPSA) is 92.7 Å². The van der Waals surface area contributed by atoms with Gasteiger partial charge in [-0.25, -0.2) is 4.39 Å². The van der Waals surface area contributed by atoms with Gasteiger partial charge in [-0.2, -0.15) is 5.10 Å². The number of fused-ring (bicyclic) bond motifs is 1. The van der Waals surface area contributed by atoms with E-state index in [-0.39, 0.29) is 12.1 Å². The molecule has 1 aromatic heterocycles. The molecule has 3 N–H and O–H groups in total. The number of nitrogens with two attached hydrogens (primary N) is 1. The number of nitrogens with one attached hydrogen (secondary N) is 1. The van der Waals surface area contributed by atoms with E-state index in [1.54, 1.807) is 0 Å². The molecule has 2 aromatic carbocycles. The standard InChI is InChI=1S/C21H20FN5O2/c1-2-26-10-9-13-11-15(5-8-18(13)26)24-21(29)17-12-19(20(23)28)27(25-17)16-6-3-14(22)4-7-16/h3-11,19H,2,12H2,1H3,(H2,23,28)(H,24,29). The molecular weight excluding hydrogens is 373 g/mol. The van der Waals surface area contributed by atoms with Gasteiger partial charge in [0.05, 0.1) is 5.69 Å². The summed E-state index contributed by atoms with van der Waals surface area (Å²) in [5.74, 6) is -1.42. The van der Waals surface area contributed by atoms with E-state index in [1.165, 1.54) is 29.3 Å². The number of primary amides is 1. The molecule has 0 fully saturated rings. The van der Waals surface area contributed by atoms with Gasteiger partial charge in [0.25, 0.3) is 5.91 Å². The molecule has 1 unspecified atom stereocenters. The summed E-state index contributed by atoms with van der Waals surface area (Å²) in [6.45, 7) is 2.93. The van der Waals surface area contributed by atoms with Crippen LogP contribution in [0.4, 0.5) is 15.8 Å². The Morgan fingerprint density at radius 1 is 1.21 bits per heavy atom. The zero-order chi connectivity index (χ0) is 20.5. The molecule has 3 aromatic rings. The maximum atomic E-state index is 13.2. The van der Waals surface area contributed by atoms with Crippen molar-refractivity contribution in [3.8, 4) is 0 Å². The summed E-state index contributed by atoms with van der Waals surface area (Å²) in [7, 11) is 0. The van der Waals surface area contributed by atoms with E-state index in [0.717, 1.165) is 17.4 Å². The molecule has 4 rings (SSSR count). The Morgan fingerprint density at radius 2 is 1.97 bits per heavy atom. The number of amides is 2. The van der Waals surface area contributed by atoms with Crippen molar-refractivity contribution in [3.63, 3.8) is 0 Å². The SMILES string of the molecule is CCn1ccc2cc(NC(=O)C3=NN(c4ccc(F)cc4)C(C(N)=O)C3)ccc21. The minimum Gasteiger partial charge on any atom is -0.368 e. The quantitative estimate of drug-likeness (QED) is 0.698. The molecule has 0 saturated heterocycles. The number of rotatable bonds is 5. The summed E-state index contributed by atoms with van der Waals surface area (Å²) in [6.07, 6.45) is 2.07. The lowest BCUT2D eigenvalue weighted by atomic mass is 10.1. The van der Waals surface area contributed by atoms with Crippen molar-refractivity contribution in [1.82, 2.24) is 4.57 Å². The van der Waals surface area contributed by atoms with Crippen molar-refractivity contribution in [1.29, 1.82) is 0 Å². The van der Waals surface area contributed by atoms with Crippen molar-refractivity contribution in [2.75, 3.05) is 10.3 Å². The van der Waals surface area contributed by atoms with Gasteiger partial charge in [-0.05, 0) is 55.5 Å². The van der Waals surface area contributed by atoms with Gasteiger partial charge in [0.15, 0.2) is 0 Å². The Labute approximate surface area is 166 Å². The van der Waals surface area contributed by atoms with E-state index in [9.17, 15) is 14.0 Å². The second-order valence-corrected chi connectivity index (χ2v) is 6.82. The molecule has 29 heavy (non-hydrogen) atoms. The number of nitrogens with zero attached hydrogens (tertiary/aromatic N) is 3. The monoisotopic (exact) mass is 393 g/mol. The van der Waals surface area contributed by atoms with Gasteiger partial charge < -0.3 is 15.6 Å². The highest BCUT2D eigenvalue weighted by Gasteiger charge is 2.35. The van der Waals surface area contributed by atoms with Gasteiger partial charge >= 0.3 is 0 Å². The third kappa shape index (κ3) is 3.56. The van der Waals surface area contributed by atoms with Crippen LogP contribution < -0.4 is 16.1 Å². The molecule has 1 aliphatic heterocycles. The molecule has 148 valence electrons. The van der Waals surface area contributed by atoms with Crippen LogP contribution in [0.1, 0.15) is 13.3 Å². The van der Waals surface area contributed by atoms with Crippen molar-refractivity contribution >= 4 is 39.8 Å². The fourth-order valence-electron chi connectivity index (χ4n) is 3.46. The minimum absolute atomic E-state index is 0.0764. The molecule has 0 aliphatic carbocycles. The smallest absolute Gasteiger partial charge is 0.271 e. The van der Waals surface area contributed by atoms with Crippen LogP contribution in [0, 0.1) is 5.82 Å². The first-order chi connectivity index (χ1) is 14.0. The second kappa shape index (κ2) is 7.38. The summed E-state index contributed by atoms with van der Waals surface area (Å²) in [6, 6.07) is 12.3. The van der Waals surface area contributed by atoms with Crippen LogP contribution in [-0.2, 0) is 16.1 Å². The van der Waals surface area contributed by atoms with Crippen LogP contribution in [-0.4, -0.2) is 28.1 Å². The van der Waals surface area contributed by atoms with E-state index in [2.05, 4.69) is 21.9 Å². The van der Waals surface area contributed by atoms with Gasteiger partial charge in [-0.15, -0.1) is 0 Å². The van der Waals surface area contributed by atoms with Gasteiger partial charge in [0.2, 0.25) is 5.91 Å². The Balaban J connectivity index is 1.57. The van der Waals surface area contributed by atoms with Crippen molar-refractivity contribution in [2.24, 2.45) is 10.8 Å². The predicted molar refractivity (Wildman–Crippen MR) is 110 cm³/mol. The lowest BCUT2D eigenvalue weighted by Gasteiger charge is -2.20. The number of halogens is 1. The Hall–Kier alpha value is -3.68. The van der Waals surface area contributed by atoms with Crippen LogP contribution >= 0.6 is 0 Å². The maximum Gasteiger partial charge on any atom is 0.271 e. The van der Waals surface area contributed by atoms with Crippen molar-refractivity contribution < 1.29 is 14.0 Å². The number of hydrogen-bond donors (Lipinski definition) is 2. The molecule has 0 bridgehead atoms. The molecule has 2 heterocycles. The fraction of sp³-hybridized carbons (Fsp3) is 0.190. The number of carbonyl (C=O) groups is 2. The summed E-state index contributed by atoms with van der Waals surface area (Å²) in [4.78, 5) is 24.6. The highest BCUT2D eigenvalue weighted by atomic mass is 19.1. The molecule has 1 atom stereocenters. The first-order valence-corrected chi connectivity index (χ1v) is 9.28. The molecule has 0 saturated carbocycles. The summed E-state index contributed by atoms with van der Waals surface area (Å²) >= 11 is 0. The number of carbonyl (C=O) groups excluding carboxylic acids is 2. The molecule has 1 aliphatic rings. The van der Waals surface area contributed by atoms with E-state index in [1.807, 2.05) is 30.5 Å². The Bertz CT molecular complexity index is 1120. The third-order valence-electron chi connectivity index (χ3n) is 4.96. The van der Waals surface area contributed by atoms with Gasteiger partial charge in [-0.3, -0.25) is 14.6 Å². The van der Waals surface area contributed by atoms with Crippen LogP contribution in [0.15, 0.2) is 59.8 Å². The maximum absolute atomic E-state index is 13.2. The zero-order valence-corrected chi connectivity index (χ0v) is 15.8. The average Bonchev–Trinajstić information content (AvgIpc) is 3.32. The first kappa shape index (κ1) is 18.7. The van der Waals surface area contributed by atoms with Crippen LogP contribution in [0.3, 0.4) is 0 Å². The van der Waals surface area contributed by atoms with E-state index < -0.39 is 23.7 Å². The second-order valence-electron chi connectivity index (χ2n) is 6.82. The largest absolute Gasteiger partial charge is 0.368 e. The molecular formula is C21H20FN5O2. The van der Waals surface area contributed by atoms with Gasteiger partial charge in [-0.1, -0.05) is 0 Å². The molecule has 8 heteroatoms. The van der Waals surface area contributed by atoms with Crippen LogP contribution in [0.25, 0.3) is 10.9 Å². The highest BCUT2D eigenvalue weighted by molar-refractivity contribution is 6.44. The summed E-state index contributed by atoms with van der Waals surface area (Å²) < 4.78 is 15.3. The Kier molecular flexibility index (Phi) is 4.75. The zero-order valence-electron chi connectivity index (χ0n) is 15.8. The average molecular weight is 393 g/mol. The number of aryl methyl sites for hydroxylation is 1. The molecule has 7 nitrogen and oxygen atoms in total. The molecule has 2 amide bonds. The minimum atomic E-state index is -0.803. The molecule has 0 spiro atoms. The fourth-order valence-corrected chi connectivity index (χ4v) is 3.46. The number of anilines is 2. The number of aromatic nitrogens is 1. The number of hydrazone groups is 1. The summed E-state index contributed by atoms with van der Waals surface area (Å²) in [5, 5.41) is 9.48. The van der Waals surface area contributed by atoms with Crippen molar-refractivity contribution in [2.45, 2.75) is 25.9 Å². The normalized spacial score (nSPS) is 16.1. The van der Waals surface area contributed by atoms with Gasteiger partial charge in [0.1, 0.15) is 17.6 Å². The van der Waals surface area contributed by atoms with E-state index >= 15 is 0 Å². The third-order valence-corrected chi connectivity index (χ3v) is 4.96.